The summed E-state index contributed by atoms with van der Waals surface area (Å²) in [6.07, 6.45) is 2.78. The summed E-state index contributed by atoms with van der Waals surface area (Å²) in [6.45, 7) is 9.95. The minimum Gasteiger partial charge on any atom is -0.454 e. The Morgan fingerprint density at radius 3 is 2.78 bits per heavy atom. The van der Waals surface area contributed by atoms with Gasteiger partial charge in [-0.2, -0.15) is 0 Å². The summed E-state index contributed by atoms with van der Waals surface area (Å²) >= 11 is 1.43. The van der Waals surface area contributed by atoms with Crippen molar-refractivity contribution in [1.29, 1.82) is 0 Å². The van der Waals surface area contributed by atoms with E-state index < -0.39 is 0 Å². The molecular weight excluding hydrogens is 426 g/mol. The van der Waals surface area contributed by atoms with Gasteiger partial charge in [0, 0.05) is 32.7 Å². The summed E-state index contributed by atoms with van der Waals surface area (Å²) in [5, 5.41) is 4.03. The Morgan fingerprint density at radius 1 is 1.16 bits per heavy atom. The number of anilines is 1. The molecule has 9 heteroatoms. The third-order valence-electron chi connectivity index (χ3n) is 6.01. The molecule has 1 N–H and O–H groups in total. The first-order chi connectivity index (χ1) is 15.6. The Kier molecular flexibility index (Phi) is 5.84. The van der Waals surface area contributed by atoms with Gasteiger partial charge in [-0.15, -0.1) is 11.3 Å². The highest BCUT2D eigenvalue weighted by Crippen LogP contribution is 2.35. The highest BCUT2D eigenvalue weighted by Gasteiger charge is 2.24. The molecule has 2 aliphatic heterocycles. The van der Waals surface area contributed by atoms with Crippen LogP contribution in [0.3, 0.4) is 0 Å². The predicted octanol–water partition coefficient (Wildman–Crippen LogP) is 3.19. The van der Waals surface area contributed by atoms with E-state index in [1.807, 2.05) is 25.1 Å². The molecule has 0 spiro atoms. The lowest BCUT2D eigenvalue weighted by Gasteiger charge is -2.35. The first-order valence-corrected chi connectivity index (χ1v) is 11.8. The standard InChI is InChI=1S/C23H27N5O3S/c1-3-6-27-7-9-28(10-8-27)21-19-15(2)20(32-23(19)26-13-25-21)22(29)24-12-16-4-5-17-18(11-16)31-14-30-17/h4-5,11,13H,3,6-10,12,14H2,1-2H3,(H,24,29). The van der Waals surface area contributed by atoms with Crippen LogP contribution in [-0.2, 0) is 6.54 Å². The average Bonchev–Trinajstić information content (AvgIpc) is 3.42. The van der Waals surface area contributed by atoms with Gasteiger partial charge in [0.15, 0.2) is 11.5 Å². The molecule has 0 atom stereocenters. The van der Waals surface area contributed by atoms with E-state index in [4.69, 9.17) is 9.47 Å². The lowest BCUT2D eigenvalue weighted by molar-refractivity contribution is 0.0954. The van der Waals surface area contributed by atoms with Crippen LogP contribution in [0.25, 0.3) is 10.2 Å². The Labute approximate surface area is 191 Å². The number of aromatic nitrogens is 2. The molecule has 0 radical (unpaired) electrons. The molecule has 1 saturated heterocycles. The van der Waals surface area contributed by atoms with Crippen molar-refractivity contribution in [2.45, 2.75) is 26.8 Å². The molecule has 1 fully saturated rings. The topological polar surface area (TPSA) is 79.8 Å². The van der Waals surface area contributed by atoms with Crippen molar-refractivity contribution < 1.29 is 14.3 Å². The first kappa shape index (κ1) is 21.0. The number of nitrogens with zero attached hydrogens (tertiary/aromatic N) is 4. The van der Waals surface area contributed by atoms with Crippen LogP contribution in [0.15, 0.2) is 24.5 Å². The van der Waals surface area contributed by atoms with E-state index in [0.717, 1.165) is 65.6 Å². The van der Waals surface area contributed by atoms with Crippen molar-refractivity contribution in [3.05, 3.63) is 40.5 Å². The molecule has 2 aromatic heterocycles. The minimum atomic E-state index is -0.0955. The second-order valence-electron chi connectivity index (χ2n) is 8.13. The Balaban J connectivity index is 1.33. The molecule has 5 rings (SSSR count). The van der Waals surface area contributed by atoms with Crippen LogP contribution in [0.4, 0.5) is 5.82 Å². The van der Waals surface area contributed by atoms with Crippen molar-refractivity contribution in [1.82, 2.24) is 20.2 Å². The quantitative estimate of drug-likeness (QED) is 0.614. The molecule has 2 aliphatic rings. The van der Waals surface area contributed by atoms with Crippen molar-refractivity contribution in [2.75, 3.05) is 44.4 Å². The fourth-order valence-corrected chi connectivity index (χ4v) is 5.38. The zero-order chi connectivity index (χ0) is 22.1. The van der Waals surface area contributed by atoms with Gasteiger partial charge in [0.25, 0.3) is 5.91 Å². The average molecular weight is 454 g/mol. The van der Waals surface area contributed by atoms with E-state index in [1.54, 1.807) is 6.33 Å². The number of rotatable bonds is 6. The number of aryl methyl sites for hydroxylation is 1. The highest BCUT2D eigenvalue weighted by molar-refractivity contribution is 7.20. The molecule has 0 saturated carbocycles. The van der Waals surface area contributed by atoms with Crippen LogP contribution in [0.5, 0.6) is 11.5 Å². The van der Waals surface area contributed by atoms with Crippen molar-refractivity contribution in [3.63, 3.8) is 0 Å². The number of fused-ring (bicyclic) bond motifs is 2. The molecule has 0 aliphatic carbocycles. The van der Waals surface area contributed by atoms with Crippen LogP contribution in [0.2, 0.25) is 0 Å². The first-order valence-electron chi connectivity index (χ1n) is 11.0. The smallest absolute Gasteiger partial charge is 0.261 e. The molecule has 1 amide bonds. The van der Waals surface area contributed by atoms with Gasteiger partial charge < -0.3 is 19.7 Å². The number of hydrogen-bond donors (Lipinski definition) is 1. The van der Waals surface area contributed by atoms with E-state index in [9.17, 15) is 4.79 Å². The Bertz CT molecular complexity index is 1140. The lowest BCUT2D eigenvalue weighted by Crippen LogP contribution is -2.46. The van der Waals surface area contributed by atoms with Crippen LogP contribution >= 0.6 is 11.3 Å². The summed E-state index contributed by atoms with van der Waals surface area (Å²) in [6, 6.07) is 5.71. The minimum absolute atomic E-state index is 0.0955. The Morgan fingerprint density at radius 2 is 1.97 bits per heavy atom. The van der Waals surface area contributed by atoms with Crippen molar-refractivity contribution in [2.24, 2.45) is 0 Å². The van der Waals surface area contributed by atoms with Gasteiger partial charge in [-0.05, 0) is 43.1 Å². The molecule has 8 nitrogen and oxygen atoms in total. The molecule has 3 aromatic rings. The van der Waals surface area contributed by atoms with E-state index >= 15 is 0 Å². The van der Waals surface area contributed by atoms with Crippen LogP contribution in [0, 0.1) is 6.92 Å². The number of carbonyl (C=O) groups is 1. The number of piperazine rings is 1. The number of nitrogens with one attached hydrogen (secondary N) is 1. The molecule has 1 aromatic carbocycles. The maximum Gasteiger partial charge on any atom is 0.261 e. The van der Waals surface area contributed by atoms with Gasteiger partial charge in [0.2, 0.25) is 6.79 Å². The lowest BCUT2D eigenvalue weighted by atomic mass is 10.1. The van der Waals surface area contributed by atoms with Gasteiger partial charge in [0.05, 0.1) is 10.3 Å². The van der Waals surface area contributed by atoms with Gasteiger partial charge in [-0.3, -0.25) is 9.69 Å². The molecule has 4 heterocycles. The number of benzene rings is 1. The number of carbonyl (C=O) groups excluding carboxylic acids is 1. The molecule has 32 heavy (non-hydrogen) atoms. The van der Waals surface area contributed by atoms with Crippen molar-refractivity contribution >= 4 is 33.3 Å². The largest absolute Gasteiger partial charge is 0.454 e. The number of thiophene rings is 1. The van der Waals surface area contributed by atoms with Gasteiger partial charge in [0.1, 0.15) is 17.0 Å². The second kappa shape index (κ2) is 8.91. The van der Waals surface area contributed by atoms with E-state index in [-0.39, 0.29) is 12.7 Å². The summed E-state index contributed by atoms with van der Waals surface area (Å²) in [5.74, 6) is 2.30. The third-order valence-corrected chi connectivity index (χ3v) is 7.21. The van der Waals surface area contributed by atoms with Gasteiger partial charge >= 0.3 is 0 Å². The number of amides is 1. The fraction of sp³-hybridized carbons (Fsp3) is 0.435. The summed E-state index contributed by atoms with van der Waals surface area (Å²) in [7, 11) is 0. The zero-order valence-electron chi connectivity index (χ0n) is 18.4. The van der Waals surface area contributed by atoms with E-state index in [2.05, 4.69) is 32.0 Å². The van der Waals surface area contributed by atoms with Crippen molar-refractivity contribution in [3.8, 4) is 11.5 Å². The van der Waals surface area contributed by atoms with E-state index in [1.165, 1.54) is 17.8 Å². The second-order valence-corrected chi connectivity index (χ2v) is 9.13. The monoisotopic (exact) mass is 453 g/mol. The maximum absolute atomic E-state index is 13.0. The fourth-order valence-electron chi connectivity index (χ4n) is 4.32. The van der Waals surface area contributed by atoms with Crippen LogP contribution < -0.4 is 19.7 Å². The molecule has 168 valence electrons. The predicted molar refractivity (Wildman–Crippen MR) is 125 cm³/mol. The summed E-state index contributed by atoms with van der Waals surface area (Å²) < 4.78 is 10.8. The SMILES string of the molecule is CCCN1CCN(c2ncnc3sc(C(=O)NCc4ccc5c(c4)OCO5)c(C)c23)CC1. The highest BCUT2D eigenvalue weighted by atomic mass is 32.1. The molecular formula is C23H27N5O3S. The zero-order valence-corrected chi connectivity index (χ0v) is 19.2. The molecule has 0 unspecified atom stereocenters. The normalized spacial score (nSPS) is 16.0. The molecule has 0 bridgehead atoms. The number of hydrogen-bond acceptors (Lipinski definition) is 8. The van der Waals surface area contributed by atoms with Crippen LogP contribution in [0.1, 0.15) is 34.1 Å². The summed E-state index contributed by atoms with van der Waals surface area (Å²) in [5.41, 5.74) is 1.91. The maximum atomic E-state index is 13.0. The summed E-state index contributed by atoms with van der Waals surface area (Å²) in [4.78, 5) is 28.4. The van der Waals surface area contributed by atoms with E-state index in [0.29, 0.717) is 17.2 Å². The van der Waals surface area contributed by atoms with Crippen LogP contribution in [-0.4, -0.2) is 60.3 Å². The Hall–Kier alpha value is -2.91. The van der Waals surface area contributed by atoms with Gasteiger partial charge in [-0.25, -0.2) is 9.97 Å². The third kappa shape index (κ3) is 3.98. The van der Waals surface area contributed by atoms with Gasteiger partial charge in [-0.1, -0.05) is 13.0 Å². The number of ether oxygens (including phenoxy) is 2.